The Morgan fingerprint density at radius 2 is 0.667 bits per heavy atom. The molecule has 0 aliphatic heterocycles. The second-order valence-electron chi connectivity index (χ2n) is 1.03. The van der Waals surface area contributed by atoms with Crippen LogP contribution in [0.25, 0.3) is 0 Å². The van der Waals surface area contributed by atoms with E-state index in [9.17, 15) is 0 Å². The van der Waals surface area contributed by atoms with Crippen molar-refractivity contribution in [3.8, 4) is 0 Å². The van der Waals surface area contributed by atoms with Crippen LogP contribution in [0.15, 0.2) is 0 Å². The summed E-state index contributed by atoms with van der Waals surface area (Å²) in [6.07, 6.45) is 0. The van der Waals surface area contributed by atoms with E-state index in [2.05, 4.69) is 0 Å². The molecule has 0 saturated heterocycles. The number of hydrogen-bond acceptors (Lipinski definition) is 2. The van der Waals surface area contributed by atoms with Crippen LogP contribution >= 0.6 is 15.6 Å². The van der Waals surface area contributed by atoms with Crippen LogP contribution in [0.2, 0.25) is 0 Å². The molecule has 0 heterocycles. The minimum Gasteiger partial charge on any atom is -0.303 e. The van der Waals surface area contributed by atoms with Gasteiger partial charge in [-0.05, 0) is 0 Å². The Labute approximate surface area is 89.0 Å². The van der Waals surface area contributed by atoms with Gasteiger partial charge in [-0.2, -0.15) is 0 Å². The van der Waals surface area contributed by atoms with Gasteiger partial charge in [0.25, 0.3) is 0 Å². The summed E-state index contributed by atoms with van der Waals surface area (Å²) in [7, 11) is -9.28. The monoisotopic (exact) mass is 278 g/mol. The number of rotatable bonds is 0. The van der Waals surface area contributed by atoms with Crippen LogP contribution in [-0.4, -0.2) is 46.7 Å². The van der Waals surface area contributed by atoms with E-state index in [1.165, 1.54) is 0 Å². The fourth-order valence-corrected chi connectivity index (χ4v) is 0. The number of phosphoric acid groups is 2. The van der Waals surface area contributed by atoms with E-state index < -0.39 is 15.6 Å². The van der Waals surface area contributed by atoms with Crippen LogP contribution < -0.4 is 0 Å². The van der Waals surface area contributed by atoms with Crippen LogP contribution in [-0.2, 0) is 26.5 Å². The van der Waals surface area contributed by atoms with Gasteiger partial charge in [0, 0.05) is 17.4 Å². The van der Waals surface area contributed by atoms with E-state index in [0.29, 0.717) is 0 Å². The Bertz CT molecular complexity index is 129. The molecular formula is H9AlCrO8P2. The molecule has 0 aromatic carbocycles. The molecule has 76 valence electrons. The molecule has 8 nitrogen and oxygen atoms in total. The Hall–Kier alpha value is 1.28. The second-order valence-corrected chi connectivity index (χ2v) is 3.08. The summed E-state index contributed by atoms with van der Waals surface area (Å²) in [5.41, 5.74) is 0. The van der Waals surface area contributed by atoms with Crippen molar-refractivity contribution in [3.05, 3.63) is 0 Å². The molecule has 0 atom stereocenters. The predicted octanol–water partition coefficient (Wildman–Crippen LogP) is -3.04. The summed E-state index contributed by atoms with van der Waals surface area (Å²) < 4.78 is 17.8. The van der Waals surface area contributed by atoms with Gasteiger partial charge in [-0.25, -0.2) is 9.13 Å². The third-order valence-corrected chi connectivity index (χ3v) is 0. The number of hydrogen-bond donors (Lipinski definition) is 6. The van der Waals surface area contributed by atoms with Gasteiger partial charge in [0.2, 0.25) is 0 Å². The molecule has 0 spiro atoms. The second kappa shape index (κ2) is 8.86. The molecular weight excluding hydrogens is 269 g/mol. The zero-order valence-electron chi connectivity index (χ0n) is 4.80. The molecule has 0 amide bonds. The van der Waals surface area contributed by atoms with E-state index in [4.69, 9.17) is 38.5 Å². The van der Waals surface area contributed by atoms with Crippen LogP contribution in [0.1, 0.15) is 0 Å². The van der Waals surface area contributed by atoms with Gasteiger partial charge in [0.05, 0.1) is 0 Å². The fraction of sp³-hybridized carbons (Fsp3) is 0. The van der Waals surface area contributed by atoms with Crippen molar-refractivity contribution in [3.63, 3.8) is 0 Å². The molecule has 0 saturated carbocycles. The van der Waals surface area contributed by atoms with Crippen LogP contribution in [0, 0.1) is 0 Å². The molecule has 0 aliphatic rings. The molecule has 0 aromatic rings. The van der Waals surface area contributed by atoms with Gasteiger partial charge in [-0.1, -0.05) is 0 Å². The van der Waals surface area contributed by atoms with Crippen molar-refractivity contribution in [1.82, 2.24) is 0 Å². The van der Waals surface area contributed by atoms with Gasteiger partial charge in [0.15, 0.2) is 17.4 Å². The first-order valence-corrected chi connectivity index (χ1v) is 4.70. The Morgan fingerprint density at radius 3 is 0.667 bits per heavy atom. The van der Waals surface area contributed by atoms with Crippen molar-refractivity contribution >= 4 is 33.0 Å². The van der Waals surface area contributed by atoms with E-state index in [1.54, 1.807) is 0 Å². The molecule has 0 rings (SSSR count). The average molecular weight is 278 g/mol. The zero-order valence-corrected chi connectivity index (χ0v) is 7.87. The van der Waals surface area contributed by atoms with Gasteiger partial charge in [0.1, 0.15) is 0 Å². The summed E-state index contributed by atoms with van der Waals surface area (Å²) in [5.74, 6) is 0. The van der Waals surface area contributed by atoms with Crippen molar-refractivity contribution in [2.24, 2.45) is 0 Å². The summed E-state index contributed by atoms with van der Waals surface area (Å²) in [4.78, 5) is 43.1. The summed E-state index contributed by atoms with van der Waals surface area (Å²) >= 11 is 0. The maximum atomic E-state index is 8.88. The van der Waals surface area contributed by atoms with Crippen molar-refractivity contribution in [2.75, 3.05) is 0 Å². The first kappa shape index (κ1) is 23.3. The minimum absolute atomic E-state index is 0. The molecule has 0 bridgehead atoms. The molecule has 0 radical (unpaired) electrons. The third kappa shape index (κ3) is 723. The summed E-state index contributed by atoms with van der Waals surface area (Å²) in [6, 6.07) is 0. The molecule has 0 aromatic heterocycles. The molecule has 0 fully saturated rings. The van der Waals surface area contributed by atoms with Crippen molar-refractivity contribution in [1.29, 1.82) is 0 Å². The van der Waals surface area contributed by atoms with Crippen LogP contribution in [0.3, 0.4) is 0 Å². The van der Waals surface area contributed by atoms with Gasteiger partial charge >= 0.3 is 15.6 Å². The smallest absolute Gasteiger partial charge is 0.303 e. The maximum Gasteiger partial charge on any atom is 0.466 e. The largest absolute Gasteiger partial charge is 0.466 e. The molecule has 12 heteroatoms. The molecule has 6 N–H and O–H groups in total. The fourth-order valence-electron chi connectivity index (χ4n) is 0. The Morgan fingerprint density at radius 1 is 0.667 bits per heavy atom. The summed E-state index contributed by atoms with van der Waals surface area (Å²) in [5, 5.41) is 0. The zero-order chi connectivity index (χ0) is 9.00. The SMILES string of the molecule is O=P(O)(O)O.O=P(O)(O)O.[AlH3].[Cr]. The predicted molar refractivity (Wildman–Crippen MR) is 38.5 cm³/mol. The van der Waals surface area contributed by atoms with Crippen LogP contribution in [0.4, 0.5) is 0 Å². The van der Waals surface area contributed by atoms with Crippen molar-refractivity contribution < 1.29 is 55.9 Å². The Kier molecular flexibility index (Phi) is 17.2. The maximum absolute atomic E-state index is 8.88. The van der Waals surface area contributed by atoms with E-state index in [1.807, 2.05) is 0 Å². The first-order chi connectivity index (χ1) is 4.00. The van der Waals surface area contributed by atoms with Gasteiger partial charge in [-0.3, -0.25) is 0 Å². The van der Waals surface area contributed by atoms with Gasteiger partial charge in [-0.15, -0.1) is 0 Å². The quantitative estimate of drug-likeness (QED) is 0.202. The van der Waals surface area contributed by atoms with E-state index >= 15 is 0 Å². The van der Waals surface area contributed by atoms with Crippen LogP contribution in [0.5, 0.6) is 0 Å². The minimum atomic E-state index is -4.64. The first-order valence-electron chi connectivity index (χ1n) is 1.57. The molecule has 0 unspecified atom stereocenters. The average Bonchev–Trinajstić information content (AvgIpc) is 1.12. The van der Waals surface area contributed by atoms with E-state index in [0.717, 1.165) is 0 Å². The van der Waals surface area contributed by atoms with Gasteiger partial charge < -0.3 is 29.4 Å². The topological polar surface area (TPSA) is 156 Å². The van der Waals surface area contributed by atoms with Crippen molar-refractivity contribution in [2.45, 2.75) is 0 Å². The standard InChI is InChI=1S/Al.Cr.2H3O4P.3H/c;;2*1-5(2,3)4;;;/h;;2*(H3,1,2,3,4);;;. The molecule has 0 aliphatic carbocycles. The normalized spacial score (nSPS) is 9.83. The third-order valence-electron chi connectivity index (χ3n) is 0. The molecule has 12 heavy (non-hydrogen) atoms. The van der Waals surface area contributed by atoms with E-state index in [-0.39, 0.29) is 34.7 Å². The Balaban J connectivity index is -0.0000000457. The summed E-state index contributed by atoms with van der Waals surface area (Å²) in [6.45, 7) is 0.